The molecule has 0 spiro atoms. The van der Waals surface area contributed by atoms with Crippen molar-refractivity contribution in [3.05, 3.63) is 42.1 Å². The summed E-state index contributed by atoms with van der Waals surface area (Å²) in [6.45, 7) is 3.65. The molecule has 0 unspecified atom stereocenters. The first kappa shape index (κ1) is 20.4. The lowest BCUT2D eigenvalue weighted by atomic mass is 10.1. The molecule has 0 bridgehead atoms. The summed E-state index contributed by atoms with van der Waals surface area (Å²) in [6.07, 6.45) is -2.95. The van der Waals surface area contributed by atoms with Gasteiger partial charge in [0.25, 0.3) is 5.78 Å². The average molecular weight is 439 g/mol. The number of hydrogen-bond donors (Lipinski definition) is 0. The highest BCUT2D eigenvalue weighted by Crippen LogP contribution is 2.32. The normalized spacial score (nSPS) is 16.2. The molecule has 3 heterocycles. The van der Waals surface area contributed by atoms with Crippen molar-refractivity contribution in [2.75, 3.05) is 31.1 Å². The number of benzene rings is 1. The van der Waals surface area contributed by atoms with Crippen LogP contribution < -0.4 is 4.90 Å². The maximum Gasteiger partial charge on any atom is 0.416 e. The van der Waals surface area contributed by atoms with Crippen molar-refractivity contribution in [3.8, 4) is 11.3 Å². The maximum atomic E-state index is 13.1. The summed E-state index contributed by atoms with van der Waals surface area (Å²) < 4.78 is 40.7. The van der Waals surface area contributed by atoms with E-state index >= 15 is 0 Å². The predicted octanol–water partition coefficient (Wildman–Crippen LogP) is 3.09. The Kier molecular flexibility index (Phi) is 5.27. The maximum absolute atomic E-state index is 13.1. The third-order valence-electron chi connectivity index (χ3n) is 4.93. The van der Waals surface area contributed by atoms with E-state index in [1.54, 1.807) is 24.0 Å². The number of amides is 1. The van der Waals surface area contributed by atoms with E-state index in [4.69, 9.17) is 11.6 Å². The molecule has 1 saturated heterocycles. The van der Waals surface area contributed by atoms with E-state index in [0.29, 0.717) is 43.4 Å². The summed E-state index contributed by atoms with van der Waals surface area (Å²) >= 11 is 5.87. The largest absolute Gasteiger partial charge is 0.416 e. The lowest BCUT2D eigenvalue weighted by molar-refractivity contribution is -0.137. The molecule has 4 rings (SSSR count). The van der Waals surface area contributed by atoms with Gasteiger partial charge in [-0.1, -0.05) is 12.1 Å². The molecule has 7 nitrogen and oxygen atoms in total. The second-order valence-electron chi connectivity index (χ2n) is 6.96. The number of carbonyl (C=O) groups excluding carboxylic acids is 1. The molecule has 158 valence electrons. The number of fused-ring (bicyclic) bond motifs is 1. The number of halogens is 4. The van der Waals surface area contributed by atoms with Crippen molar-refractivity contribution in [1.82, 2.24) is 24.5 Å². The molecule has 0 saturated carbocycles. The van der Waals surface area contributed by atoms with Crippen molar-refractivity contribution >= 4 is 29.2 Å². The Morgan fingerprint density at radius 2 is 1.90 bits per heavy atom. The first-order valence-corrected chi connectivity index (χ1v) is 9.75. The van der Waals surface area contributed by atoms with Gasteiger partial charge in [-0.05, 0) is 25.1 Å². The molecular weight excluding hydrogens is 421 g/mol. The van der Waals surface area contributed by atoms with Gasteiger partial charge in [0.15, 0.2) is 0 Å². The number of alkyl halides is 4. The monoisotopic (exact) mass is 438 g/mol. The quantitative estimate of drug-likeness (QED) is 0.588. The van der Waals surface area contributed by atoms with Gasteiger partial charge in [-0.25, -0.2) is 4.98 Å². The highest BCUT2D eigenvalue weighted by atomic mass is 35.5. The van der Waals surface area contributed by atoms with E-state index in [-0.39, 0.29) is 11.7 Å². The zero-order chi connectivity index (χ0) is 21.5. The van der Waals surface area contributed by atoms with Gasteiger partial charge in [0, 0.05) is 37.9 Å². The molecule has 1 aliphatic rings. The Morgan fingerprint density at radius 3 is 2.57 bits per heavy atom. The van der Waals surface area contributed by atoms with Crippen LogP contribution in [0.25, 0.3) is 17.0 Å². The van der Waals surface area contributed by atoms with Crippen molar-refractivity contribution in [2.24, 2.45) is 0 Å². The van der Waals surface area contributed by atoms with Crippen LogP contribution in [0.4, 0.5) is 19.1 Å². The highest BCUT2D eigenvalue weighted by molar-refractivity contribution is 6.30. The summed E-state index contributed by atoms with van der Waals surface area (Å²) in [5.41, 5.74) is 0.0782. The fourth-order valence-corrected chi connectivity index (χ4v) is 3.51. The fourth-order valence-electron chi connectivity index (χ4n) is 3.37. The van der Waals surface area contributed by atoms with Crippen LogP contribution >= 0.6 is 11.6 Å². The molecule has 1 aromatic carbocycles. The fraction of sp³-hybridized carbons (Fsp3) is 0.368. The van der Waals surface area contributed by atoms with E-state index < -0.39 is 17.1 Å². The number of carbonyl (C=O) groups is 1. The van der Waals surface area contributed by atoms with Gasteiger partial charge in [0.2, 0.25) is 11.9 Å². The van der Waals surface area contributed by atoms with E-state index in [2.05, 4.69) is 15.1 Å². The predicted molar refractivity (Wildman–Crippen MR) is 105 cm³/mol. The van der Waals surface area contributed by atoms with Crippen LogP contribution in [0.1, 0.15) is 12.5 Å². The lowest BCUT2D eigenvalue weighted by Gasteiger charge is -2.34. The van der Waals surface area contributed by atoms with Crippen molar-refractivity contribution in [3.63, 3.8) is 0 Å². The van der Waals surface area contributed by atoms with Crippen LogP contribution in [-0.2, 0) is 11.0 Å². The first-order valence-electron chi connectivity index (χ1n) is 9.31. The van der Waals surface area contributed by atoms with Crippen LogP contribution in [0, 0.1) is 0 Å². The van der Waals surface area contributed by atoms with Crippen LogP contribution in [0.5, 0.6) is 0 Å². The number of anilines is 1. The summed E-state index contributed by atoms with van der Waals surface area (Å²) in [4.78, 5) is 24.2. The van der Waals surface area contributed by atoms with Gasteiger partial charge in [-0.3, -0.25) is 4.79 Å². The van der Waals surface area contributed by atoms with Crippen molar-refractivity contribution in [2.45, 2.75) is 18.5 Å². The molecule has 1 amide bonds. The molecule has 1 aliphatic heterocycles. The third kappa shape index (κ3) is 3.91. The van der Waals surface area contributed by atoms with Crippen LogP contribution in [0.2, 0.25) is 0 Å². The van der Waals surface area contributed by atoms with Gasteiger partial charge in [0.05, 0.1) is 11.3 Å². The topological polar surface area (TPSA) is 66.6 Å². The Labute approximate surface area is 175 Å². The number of nitrogens with zero attached hydrogens (tertiary/aromatic N) is 6. The van der Waals surface area contributed by atoms with Gasteiger partial charge in [-0.2, -0.15) is 22.7 Å². The molecule has 1 atom stereocenters. The van der Waals surface area contributed by atoms with E-state index in [1.807, 2.05) is 4.90 Å². The Hall–Kier alpha value is -2.88. The Bertz CT molecular complexity index is 1080. The average Bonchev–Trinajstić information content (AvgIpc) is 3.17. The SMILES string of the molecule is C[C@@H](Cl)C(=O)N1CCN(c2nc3nccc(-c4cccc(C(F)(F)F)c4)n3n2)CC1. The smallest absolute Gasteiger partial charge is 0.338 e. The van der Waals surface area contributed by atoms with E-state index in [0.717, 1.165) is 12.1 Å². The van der Waals surface area contributed by atoms with Crippen LogP contribution in [0.3, 0.4) is 0 Å². The van der Waals surface area contributed by atoms with Crippen molar-refractivity contribution in [1.29, 1.82) is 0 Å². The number of rotatable bonds is 3. The molecule has 0 N–H and O–H groups in total. The molecule has 3 aromatic rings. The van der Waals surface area contributed by atoms with Gasteiger partial charge >= 0.3 is 6.18 Å². The minimum Gasteiger partial charge on any atom is -0.338 e. The minimum absolute atomic E-state index is 0.118. The molecule has 11 heteroatoms. The highest BCUT2D eigenvalue weighted by Gasteiger charge is 2.31. The van der Waals surface area contributed by atoms with Crippen molar-refractivity contribution < 1.29 is 18.0 Å². The third-order valence-corrected chi connectivity index (χ3v) is 5.12. The standard InChI is InChI=1S/C19H18ClF3N6O/c1-12(20)16(30)27-7-9-28(10-8-27)18-25-17-24-6-5-15(29(17)26-18)13-3-2-4-14(11-13)19(21,22)23/h2-6,11-12H,7-10H2,1H3/t12-/m1/s1. The summed E-state index contributed by atoms with van der Waals surface area (Å²) in [6, 6.07) is 6.64. The molecular formula is C19H18ClF3N6O. The summed E-state index contributed by atoms with van der Waals surface area (Å²) in [7, 11) is 0. The number of piperazine rings is 1. The molecule has 30 heavy (non-hydrogen) atoms. The molecule has 0 radical (unpaired) electrons. The zero-order valence-corrected chi connectivity index (χ0v) is 16.7. The van der Waals surface area contributed by atoms with E-state index in [9.17, 15) is 18.0 Å². The lowest BCUT2D eigenvalue weighted by Crippen LogP contribution is -2.50. The van der Waals surface area contributed by atoms with Crippen LogP contribution in [-0.4, -0.2) is 61.9 Å². The molecule has 0 aliphatic carbocycles. The first-order chi connectivity index (χ1) is 14.2. The van der Waals surface area contributed by atoms with Gasteiger partial charge < -0.3 is 9.80 Å². The molecule has 1 fully saturated rings. The second kappa shape index (κ2) is 7.75. The Morgan fingerprint density at radius 1 is 1.17 bits per heavy atom. The molecule has 2 aromatic heterocycles. The summed E-state index contributed by atoms with van der Waals surface area (Å²) in [5, 5.41) is 3.89. The number of hydrogen-bond acceptors (Lipinski definition) is 5. The van der Waals surface area contributed by atoms with Gasteiger partial charge in [0.1, 0.15) is 5.38 Å². The van der Waals surface area contributed by atoms with Gasteiger partial charge in [-0.15, -0.1) is 16.7 Å². The summed E-state index contributed by atoms with van der Waals surface area (Å²) in [5.74, 6) is 0.577. The number of aromatic nitrogens is 4. The minimum atomic E-state index is -4.44. The van der Waals surface area contributed by atoms with E-state index in [1.165, 1.54) is 16.8 Å². The Balaban J connectivity index is 1.62. The van der Waals surface area contributed by atoms with Crippen LogP contribution in [0.15, 0.2) is 36.5 Å². The zero-order valence-electron chi connectivity index (χ0n) is 16.0. The second-order valence-corrected chi connectivity index (χ2v) is 7.62.